The first-order valence-corrected chi connectivity index (χ1v) is 8.76. The van der Waals surface area contributed by atoms with Crippen LogP contribution in [0.4, 0.5) is 13.2 Å². The van der Waals surface area contributed by atoms with Crippen LogP contribution in [0.3, 0.4) is 0 Å². The van der Waals surface area contributed by atoms with Gasteiger partial charge in [0.05, 0.1) is 19.1 Å². The molecule has 0 radical (unpaired) electrons. The number of carbonyl (C=O) groups excluding carboxylic acids is 2. The second kappa shape index (κ2) is 9.03. The van der Waals surface area contributed by atoms with E-state index in [-0.39, 0.29) is 18.4 Å². The standard InChI is InChI=1S/C19H17BrF3NO3/c1-27-18(26)16(10-12-5-7-15(20)8-6-12)24-17(25)11-13-3-2-4-14(9-13)19(21,22)23/h2-9,16H,10-11H2,1H3,(H,24,25)/t16-/m1/s1. The number of ether oxygens (including phenoxy) is 1. The fraction of sp³-hybridized carbons (Fsp3) is 0.263. The Morgan fingerprint density at radius 1 is 1.11 bits per heavy atom. The monoisotopic (exact) mass is 443 g/mol. The van der Waals surface area contributed by atoms with E-state index in [1.54, 1.807) is 24.3 Å². The number of amides is 1. The van der Waals surface area contributed by atoms with Crippen molar-refractivity contribution < 1.29 is 27.5 Å². The average molecular weight is 444 g/mol. The molecule has 0 saturated heterocycles. The molecule has 0 bridgehead atoms. The molecule has 0 fully saturated rings. The Bertz CT molecular complexity index is 807. The van der Waals surface area contributed by atoms with Crippen molar-refractivity contribution in [1.29, 1.82) is 0 Å². The second-order valence-corrected chi connectivity index (χ2v) is 6.76. The molecule has 0 aliphatic carbocycles. The van der Waals surface area contributed by atoms with Gasteiger partial charge in [0, 0.05) is 10.9 Å². The molecular formula is C19H17BrF3NO3. The topological polar surface area (TPSA) is 55.4 Å². The van der Waals surface area contributed by atoms with Crippen molar-refractivity contribution in [2.45, 2.75) is 25.1 Å². The highest BCUT2D eigenvalue weighted by Crippen LogP contribution is 2.29. The van der Waals surface area contributed by atoms with E-state index < -0.39 is 29.7 Å². The SMILES string of the molecule is COC(=O)[C@@H](Cc1ccc(Br)cc1)NC(=O)Cc1cccc(C(F)(F)F)c1. The van der Waals surface area contributed by atoms with Gasteiger partial charge in [0.25, 0.3) is 0 Å². The first-order valence-electron chi connectivity index (χ1n) is 7.97. The summed E-state index contributed by atoms with van der Waals surface area (Å²) in [6, 6.07) is 10.8. The fourth-order valence-corrected chi connectivity index (χ4v) is 2.74. The summed E-state index contributed by atoms with van der Waals surface area (Å²) in [5, 5.41) is 2.53. The zero-order valence-corrected chi connectivity index (χ0v) is 15.9. The predicted molar refractivity (Wildman–Crippen MR) is 96.9 cm³/mol. The van der Waals surface area contributed by atoms with E-state index in [1.807, 2.05) is 0 Å². The molecule has 8 heteroatoms. The van der Waals surface area contributed by atoms with Crippen LogP contribution in [-0.2, 0) is 33.3 Å². The highest BCUT2D eigenvalue weighted by molar-refractivity contribution is 9.10. The molecule has 0 aromatic heterocycles. The van der Waals surface area contributed by atoms with Gasteiger partial charge in [-0.25, -0.2) is 4.79 Å². The highest BCUT2D eigenvalue weighted by Gasteiger charge is 2.30. The maximum Gasteiger partial charge on any atom is 0.416 e. The van der Waals surface area contributed by atoms with Crippen LogP contribution in [0.5, 0.6) is 0 Å². The van der Waals surface area contributed by atoms with Crippen molar-refractivity contribution in [3.05, 3.63) is 69.7 Å². The van der Waals surface area contributed by atoms with Gasteiger partial charge in [0.1, 0.15) is 6.04 Å². The summed E-state index contributed by atoms with van der Waals surface area (Å²) in [5.74, 6) is -1.20. The van der Waals surface area contributed by atoms with E-state index in [0.29, 0.717) is 0 Å². The quantitative estimate of drug-likeness (QED) is 0.688. The molecule has 0 heterocycles. The van der Waals surface area contributed by atoms with E-state index in [1.165, 1.54) is 19.2 Å². The third kappa shape index (κ3) is 6.39. The fourth-order valence-electron chi connectivity index (χ4n) is 2.48. The summed E-state index contributed by atoms with van der Waals surface area (Å²) >= 11 is 3.31. The molecule has 2 rings (SSSR count). The lowest BCUT2D eigenvalue weighted by atomic mass is 10.0. The minimum Gasteiger partial charge on any atom is -0.467 e. The number of nitrogens with one attached hydrogen (secondary N) is 1. The van der Waals surface area contributed by atoms with Crippen molar-refractivity contribution in [2.24, 2.45) is 0 Å². The summed E-state index contributed by atoms with van der Waals surface area (Å²) < 4.78 is 43.9. The molecular weight excluding hydrogens is 427 g/mol. The summed E-state index contributed by atoms with van der Waals surface area (Å²) in [7, 11) is 1.20. The van der Waals surface area contributed by atoms with Gasteiger partial charge in [-0.1, -0.05) is 46.3 Å². The maximum atomic E-state index is 12.8. The van der Waals surface area contributed by atoms with Gasteiger partial charge in [0.2, 0.25) is 5.91 Å². The first kappa shape index (κ1) is 21.0. The number of alkyl halides is 3. The number of carbonyl (C=O) groups is 2. The van der Waals surface area contributed by atoms with E-state index >= 15 is 0 Å². The van der Waals surface area contributed by atoms with Gasteiger partial charge in [-0.2, -0.15) is 13.2 Å². The highest BCUT2D eigenvalue weighted by atomic mass is 79.9. The Morgan fingerprint density at radius 2 is 1.78 bits per heavy atom. The lowest BCUT2D eigenvalue weighted by Gasteiger charge is -2.17. The van der Waals surface area contributed by atoms with Crippen molar-refractivity contribution in [3.63, 3.8) is 0 Å². The Balaban J connectivity index is 2.07. The minimum atomic E-state index is -4.48. The lowest BCUT2D eigenvalue weighted by molar-refractivity contribution is -0.145. The van der Waals surface area contributed by atoms with E-state index in [0.717, 1.165) is 22.2 Å². The van der Waals surface area contributed by atoms with Gasteiger partial charge in [0.15, 0.2) is 0 Å². The van der Waals surface area contributed by atoms with Crippen molar-refractivity contribution in [3.8, 4) is 0 Å². The smallest absolute Gasteiger partial charge is 0.416 e. The first-order chi connectivity index (χ1) is 12.7. The van der Waals surface area contributed by atoms with Crippen molar-refractivity contribution in [1.82, 2.24) is 5.32 Å². The Labute approximate surface area is 162 Å². The number of hydrogen-bond acceptors (Lipinski definition) is 3. The summed E-state index contributed by atoms with van der Waals surface area (Å²) in [4.78, 5) is 24.2. The van der Waals surface area contributed by atoms with Gasteiger partial charge in [-0.3, -0.25) is 4.79 Å². The van der Waals surface area contributed by atoms with Gasteiger partial charge >= 0.3 is 12.1 Å². The summed E-state index contributed by atoms with van der Waals surface area (Å²) in [6.45, 7) is 0. The Morgan fingerprint density at radius 3 is 2.37 bits per heavy atom. The molecule has 1 atom stereocenters. The number of hydrogen-bond donors (Lipinski definition) is 1. The van der Waals surface area contributed by atoms with Crippen LogP contribution >= 0.6 is 15.9 Å². The van der Waals surface area contributed by atoms with Crippen LogP contribution in [0.1, 0.15) is 16.7 Å². The number of methoxy groups -OCH3 is 1. The van der Waals surface area contributed by atoms with Crippen molar-refractivity contribution >= 4 is 27.8 Å². The van der Waals surface area contributed by atoms with E-state index in [4.69, 9.17) is 4.74 Å². The number of halogens is 4. The summed E-state index contributed by atoms with van der Waals surface area (Å²) in [6.07, 6.45) is -4.56. The Hall–Kier alpha value is -2.35. The number of esters is 1. The number of rotatable bonds is 6. The van der Waals surface area contributed by atoms with E-state index in [2.05, 4.69) is 21.2 Å². The third-order valence-electron chi connectivity index (χ3n) is 3.79. The molecule has 0 aliphatic heterocycles. The number of benzene rings is 2. The third-order valence-corrected chi connectivity index (χ3v) is 4.32. The molecule has 0 spiro atoms. The largest absolute Gasteiger partial charge is 0.467 e. The second-order valence-electron chi connectivity index (χ2n) is 5.85. The summed E-state index contributed by atoms with van der Waals surface area (Å²) in [5.41, 5.74) is 0.176. The van der Waals surface area contributed by atoms with Gasteiger partial charge < -0.3 is 10.1 Å². The zero-order valence-electron chi connectivity index (χ0n) is 14.3. The van der Waals surface area contributed by atoms with Crippen LogP contribution in [0, 0.1) is 0 Å². The van der Waals surface area contributed by atoms with E-state index in [9.17, 15) is 22.8 Å². The lowest BCUT2D eigenvalue weighted by Crippen LogP contribution is -2.43. The van der Waals surface area contributed by atoms with Gasteiger partial charge in [-0.15, -0.1) is 0 Å². The molecule has 144 valence electrons. The Kier molecular flexibility index (Phi) is 7.01. The molecule has 2 aromatic carbocycles. The van der Waals surface area contributed by atoms with Crippen LogP contribution in [0.2, 0.25) is 0 Å². The van der Waals surface area contributed by atoms with Crippen molar-refractivity contribution in [2.75, 3.05) is 7.11 Å². The molecule has 4 nitrogen and oxygen atoms in total. The molecule has 1 amide bonds. The zero-order chi connectivity index (χ0) is 20.0. The minimum absolute atomic E-state index is 0.203. The van der Waals surface area contributed by atoms with Crippen LogP contribution in [-0.4, -0.2) is 25.0 Å². The molecule has 1 N–H and O–H groups in total. The molecule has 0 saturated carbocycles. The molecule has 0 aliphatic rings. The predicted octanol–water partition coefficient (Wildman–Crippen LogP) is 3.91. The maximum absolute atomic E-state index is 12.8. The van der Waals surface area contributed by atoms with Gasteiger partial charge in [-0.05, 0) is 29.3 Å². The molecule has 0 unspecified atom stereocenters. The molecule has 27 heavy (non-hydrogen) atoms. The molecule has 2 aromatic rings. The average Bonchev–Trinajstić information content (AvgIpc) is 2.61. The van der Waals surface area contributed by atoms with Crippen LogP contribution < -0.4 is 5.32 Å². The normalized spacial score (nSPS) is 12.3. The van der Waals surface area contributed by atoms with Crippen LogP contribution in [0.15, 0.2) is 53.0 Å². The van der Waals surface area contributed by atoms with Crippen LogP contribution in [0.25, 0.3) is 0 Å².